The molecule has 0 saturated heterocycles. The molecule has 1 aromatic carbocycles. The molecule has 108 valence electrons. The van der Waals surface area contributed by atoms with Crippen LogP contribution in [0.3, 0.4) is 0 Å². The number of nitrogens with one attached hydrogen (secondary N) is 2. The summed E-state index contributed by atoms with van der Waals surface area (Å²) in [6.07, 6.45) is 5.50. The van der Waals surface area contributed by atoms with Crippen LogP contribution in [0.25, 0.3) is 0 Å². The van der Waals surface area contributed by atoms with Gasteiger partial charge in [0, 0.05) is 11.6 Å². The van der Waals surface area contributed by atoms with Gasteiger partial charge in [0.05, 0.1) is 5.69 Å². The van der Waals surface area contributed by atoms with Gasteiger partial charge < -0.3 is 16.4 Å². The van der Waals surface area contributed by atoms with Gasteiger partial charge in [-0.15, -0.1) is 0 Å². The van der Waals surface area contributed by atoms with Crippen molar-refractivity contribution >= 4 is 28.9 Å². The summed E-state index contributed by atoms with van der Waals surface area (Å²) in [4.78, 5) is 12.0. The fourth-order valence-corrected chi connectivity index (χ4v) is 2.59. The highest BCUT2D eigenvalue weighted by Gasteiger charge is 2.16. The Labute approximate surface area is 122 Å². The van der Waals surface area contributed by atoms with Crippen LogP contribution >= 0.6 is 12.2 Å². The summed E-state index contributed by atoms with van der Waals surface area (Å²) < 4.78 is 13.2. The van der Waals surface area contributed by atoms with Crippen molar-refractivity contribution in [1.82, 2.24) is 5.32 Å². The Kier molecular flexibility index (Phi) is 4.89. The van der Waals surface area contributed by atoms with E-state index in [0.717, 1.165) is 25.7 Å². The predicted molar refractivity (Wildman–Crippen MR) is 81.3 cm³/mol. The van der Waals surface area contributed by atoms with Crippen molar-refractivity contribution in [3.8, 4) is 0 Å². The Bertz CT molecular complexity index is 515. The van der Waals surface area contributed by atoms with Crippen LogP contribution < -0.4 is 16.4 Å². The van der Waals surface area contributed by atoms with Crippen molar-refractivity contribution in [3.63, 3.8) is 0 Å². The van der Waals surface area contributed by atoms with Crippen molar-refractivity contribution < 1.29 is 9.18 Å². The maximum atomic E-state index is 13.2. The highest BCUT2D eigenvalue weighted by molar-refractivity contribution is 7.80. The minimum atomic E-state index is -0.439. The average molecular weight is 295 g/mol. The van der Waals surface area contributed by atoms with Gasteiger partial charge in [0.2, 0.25) is 0 Å². The first-order chi connectivity index (χ1) is 9.56. The van der Waals surface area contributed by atoms with Gasteiger partial charge in [-0.2, -0.15) is 0 Å². The van der Waals surface area contributed by atoms with Gasteiger partial charge >= 0.3 is 6.03 Å². The predicted octanol–water partition coefficient (Wildman–Crippen LogP) is 2.91. The number of halogens is 1. The van der Waals surface area contributed by atoms with Gasteiger partial charge in [0.25, 0.3) is 0 Å². The maximum absolute atomic E-state index is 13.2. The monoisotopic (exact) mass is 295 g/mol. The Hall–Kier alpha value is -1.69. The van der Waals surface area contributed by atoms with Crippen molar-refractivity contribution in [2.75, 3.05) is 5.32 Å². The van der Waals surface area contributed by atoms with Crippen molar-refractivity contribution in [2.45, 2.75) is 38.1 Å². The van der Waals surface area contributed by atoms with Gasteiger partial charge in [-0.1, -0.05) is 31.5 Å². The van der Waals surface area contributed by atoms with Crippen LogP contribution in [0, 0.1) is 5.82 Å². The van der Waals surface area contributed by atoms with Gasteiger partial charge in [0.1, 0.15) is 10.8 Å². The number of hydrogen-bond donors (Lipinski definition) is 3. The molecule has 0 aromatic heterocycles. The van der Waals surface area contributed by atoms with E-state index in [9.17, 15) is 9.18 Å². The molecule has 0 heterocycles. The van der Waals surface area contributed by atoms with Crippen LogP contribution in [0.4, 0.5) is 14.9 Å². The highest BCUT2D eigenvalue weighted by Crippen LogP contribution is 2.19. The minimum absolute atomic E-state index is 0.0532. The third-order valence-corrected chi connectivity index (χ3v) is 3.66. The molecule has 0 unspecified atom stereocenters. The zero-order valence-electron chi connectivity index (χ0n) is 11.1. The fraction of sp³-hybridized carbons (Fsp3) is 0.429. The van der Waals surface area contributed by atoms with E-state index in [2.05, 4.69) is 10.6 Å². The smallest absolute Gasteiger partial charge is 0.319 e. The molecular formula is C14H18FN3OS. The Morgan fingerprint density at radius 3 is 2.65 bits per heavy atom. The van der Waals surface area contributed by atoms with Gasteiger partial charge in [-0.05, 0) is 31.0 Å². The molecule has 4 N–H and O–H groups in total. The SMILES string of the molecule is NC(=S)c1cc(F)ccc1NC(=O)NC1CCCCC1. The quantitative estimate of drug-likeness (QED) is 0.751. The lowest BCUT2D eigenvalue weighted by molar-refractivity contribution is 0.244. The largest absolute Gasteiger partial charge is 0.389 e. The number of rotatable bonds is 3. The number of urea groups is 1. The molecule has 0 atom stereocenters. The number of hydrogen-bond acceptors (Lipinski definition) is 2. The van der Waals surface area contributed by atoms with E-state index in [4.69, 9.17) is 18.0 Å². The molecule has 1 aliphatic rings. The van der Waals surface area contributed by atoms with E-state index in [0.29, 0.717) is 11.3 Å². The molecule has 0 bridgehead atoms. The van der Waals surface area contributed by atoms with Gasteiger partial charge in [0.15, 0.2) is 0 Å². The number of nitrogens with two attached hydrogens (primary N) is 1. The second kappa shape index (κ2) is 6.65. The molecule has 1 saturated carbocycles. The van der Waals surface area contributed by atoms with E-state index in [1.165, 1.54) is 24.6 Å². The number of amides is 2. The Morgan fingerprint density at radius 2 is 2.00 bits per heavy atom. The molecule has 0 aliphatic heterocycles. The second-order valence-electron chi connectivity index (χ2n) is 4.99. The van der Waals surface area contributed by atoms with Crippen molar-refractivity contribution in [1.29, 1.82) is 0 Å². The Morgan fingerprint density at radius 1 is 1.30 bits per heavy atom. The molecule has 1 fully saturated rings. The summed E-state index contributed by atoms with van der Waals surface area (Å²) in [5.74, 6) is -0.439. The molecule has 4 nitrogen and oxygen atoms in total. The fourth-order valence-electron chi connectivity index (χ4n) is 2.42. The average Bonchev–Trinajstić information content (AvgIpc) is 2.41. The number of carbonyl (C=O) groups excluding carboxylic acids is 1. The van der Waals surface area contributed by atoms with Crippen molar-refractivity contribution in [2.24, 2.45) is 5.73 Å². The second-order valence-corrected chi connectivity index (χ2v) is 5.43. The summed E-state index contributed by atoms with van der Waals surface area (Å²) >= 11 is 4.86. The van der Waals surface area contributed by atoms with Crippen LogP contribution in [-0.2, 0) is 0 Å². The molecule has 0 radical (unpaired) electrons. The maximum Gasteiger partial charge on any atom is 0.319 e. The highest BCUT2D eigenvalue weighted by atomic mass is 32.1. The third-order valence-electron chi connectivity index (χ3n) is 3.44. The van der Waals surface area contributed by atoms with E-state index in [1.807, 2.05) is 0 Å². The molecule has 20 heavy (non-hydrogen) atoms. The first-order valence-corrected chi connectivity index (χ1v) is 7.14. The molecule has 2 rings (SSSR count). The van der Waals surface area contributed by atoms with Crippen LogP contribution in [0.5, 0.6) is 0 Å². The van der Waals surface area contributed by atoms with Crippen molar-refractivity contribution in [3.05, 3.63) is 29.6 Å². The molecule has 1 aromatic rings. The topological polar surface area (TPSA) is 67.1 Å². The number of anilines is 1. The van der Waals surface area contributed by atoms with E-state index >= 15 is 0 Å². The standard InChI is InChI=1S/C14H18FN3OS/c15-9-6-7-12(11(8-9)13(16)20)18-14(19)17-10-4-2-1-3-5-10/h6-8,10H,1-5H2,(H2,16,20)(H2,17,18,19). The van der Waals surface area contributed by atoms with E-state index < -0.39 is 5.82 Å². The first-order valence-electron chi connectivity index (χ1n) is 6.73. The molecule has 2 amide bonds. The number of benzene rings is 1. The number of carbonyl (C=O) groups is 1. The van der Waals surface area contributed by atoms with Crippen LogP contribution in [0.15, 0.2) is 18.2 Å². The number of thiocarbonyl (C=S) groups is 1. The lowest BCUT2D eigenvalue weighted by Crippen LogP contribution is -2.39. The summed E-state index contributed by atoms with van der Waals surface area (Å²) in [6, 6.07) is 3.85. The lowest BCUT2D eigenvalue weighted by atomic mass is 9.96. The van der Waals surface area contributed by atoms with E-state index in [-0.39, 0.29) is 17.1 Å². The van der Waals surface area contributed by atoms with Crippen LogP contribution in [0.1, 0.15) is 37.7 Å². The van der Waals surface area contributed by atoms with Crippen LogP contribution in [-0.4, -0.2) is 17.1 Å². The lowest BCUT2D eigenvalue weighted by Gasteiger charge is -2.23. The molecule has 6 heteroatoms. The van der Waals surface area contributed by atoms with Crippen LogP contribution in [0.2, 0.25) is 0 Å². The summed E-state index contributed by atoms with van der Waals surface area (Å²) in [5, 5.41) is 5.60. The summed E-state index contributed by atoms with van der Waals surface area (Å²) in [7, 11) is 0. The minimum Gasteiger partial charge on any atom is -0.389 e. The Balaban J connectivity index is 2.01. The molecule has 1 aliphatic carbocycles. The zero-order chi connectivity index (χ0) is 14.5. The zero-order valence-corrected chi connectivity index (χ0v) is 11.9. The van der Waals surface area contributed by atoms with E-state index in [1.54, 1.807) is 0 Å². The van der Waals surface area contributed by atoms with Gasteiger partial charge in [-0.25, -0.2) is 9.18 Å². The summed E-state index contributed by atoms with van der Waals surface area (Å²) in [6.45, 7) is 0. The summed E-state index contributed by atoms with van der Waals surface area (Å²) in [5.41, 5.74) is 6.29. The third kappa shape index (κ3) is 3.90. The normalized spacial score (nSPS) is 15.7. The van der Waals surface area contributed by atoms with Gasteiger partial charge in [-0.3, -0.25) is 0 Å². The molecular weight excluding hydrogens is 277 g/mol. The molecule has 0 spiro atoms. The first kappa shape index (κ1) is 14.7.